The lowest BCUT2D eigenvalue weighted by Crippen LogP contribution is -2.14. The van der Waals surface area contributed by atoms with E-state index in [-0.39, 0.29) is 5.91 Å². The molecular formula is C15H15BrN2O. The third kappa shape index (κ3) is 3.58. The zero-order valence-corrected chi connectivity index (χ0v) is 12.2. The van der Waals surface area contributed by atoms with Gasteiger partial charge in [0.15, 0.2) is 0 Å². The molecule has 0 aliphatic rings. The summed E-state index contributed by atoms with van der Waals surface area (Å²) in [6, 6.07) is 15.0. The number of hydrogen-bond acceptors (Lipinski definition) is 2. The van der Waals surface area contributed by atoms with Crippen LogP contribution >= 0.6 is 15.9 Å². The first-order chi connectivity index (χ1) is 9.20. The highest BCUT2D eigenvalue weighted by atomic mass is 79.9. The van der Waals surface area contributed by atoms with Gasteiger partial charge in [-0.1, -0.05) is 28.1 Å². The van der Waals surface area contributed by atoms with Crippen LogP contribution < -0.4 is 10.6 Å². The fraction of sp³-hybridized carbons (Fsp3) is 0.133. The van der Waals surface area contributed by atoms with Crippen molar-refractivity contribution >= 4 is 33.2 Å². The first-order valence-corrected chi connectivity index (χ1v) is 6.90. The normalized spacial score (nSPS) is 10.0. The molecule has 0 atom stereocenters. The molecule has 2 aromatic carbocycles. The van der Waals surface area contributed by atoms with E-state index in [1.807, 2.05) is 55.5 Å². The number of rotatable bonds is 4. The Labute approximate surface area is 121 Å². The number of halogens is 1. The smallest absolute Gasteiger partial charge is 0.257 e. The van der Waals surface area contributed by atoms with E-state index in [9.17, 15) is 4.79 Å². The minimum absolute atomic E-state index is 0.112. The predicted octanol–water partition coefficient (Wildman–Crippen LogP) is 4.13. The Morgan fingerprint density at radius 1 is 1.11 bits per heavy atom. The van der Waals surface area contributed by atoms with Crippen molar-refractivity contribution in [2.24, 2.45) is 0 Å². The number of para-hydroxylation sites is 1. The lowest BCUT2D eigenvalue weighted by atomic mass is 10.1. The minimum atomic E-state index is -0.112. The molecule has 3 nitrogen and oxygen atoms in total. The Morgan fingerprint density at radius 3 is 2.47 bits per heavy atom. The third-order valence-corrected chi connectivity index (χ3v) is 3.17. The van der Waals surface area contributed by atoms with E-state index >= 15 is 0 Å². The molecular weight excluding hydrogens is 304 g/mol. The summed E-state index contributed by atoms with van der Waals surface area (Å²) in [5.41, 5.74) is 2.27. The van der Waals surface area contributed by atoms with Gasteiger partial charge in [-0.25, -0.2) is 0 Å². The maximum absolute atomic E-state index is 12.2. The maximum atomic E-state index is 12.2. The summed E-state index contributed by atoms with van der Waals surface area (Å²) < 4.78 is 0.985. The van der Waals surface area contributed by atoms with Crippen molar-refractivity contribution in [3.63, 3.8) is 0 Å². The minimum Gasteiger partial charge on any atom is -0.385 e. The van der Waals surface area contributed by atoms with Crippen molar-refractivity contribution in [3.8, 4) is 0 Å². The van der Waals surface area contributed by atoms with Gasteiger partial charge in [0, 0.05) is 22.4 Å². The molecule has 0 saturated heterocycles. The van der Waals surface area contributed by atoms with Gasteiger partial charge in [0.25, 0.3) is 5.91 Å². The molecule has 4 heteroatoms. The summed E-state index contributed by atoms with van der Waals surface area (Å²) in [4.78, 5) is 12.2. The number of hydrogen-bond donors (Lipinski definition) is 2. The molecule has 0 aliphatic carbocycles. The van der Waals surface area contributed by atoms with Crippen molar-refractivity contribution in [2.75, 3.05) is 17.2 Å². The van der Waals surface area contributed by atoms with Crippen LogP contribution in [0.4, 0.5) is 11.4 Å². The Bertz CT molecular complexity index is 567. The summed E-state index contributed by atoms with van der Waals surface area (Å²) >= 11 is 3.37. The Morgan fingerprint density at radius 2 is 1.79 bits per heavy atom. The fourth-order valence-corrected chi connectivity index (χ4v) is 2.02. The second-order valence-electron chi connectivity index (χ2n) is 4.04. The van der Waals surface area contributed by atoms with Crippen molar-refractivity contribution in [1.82, 2.24) is 0 Å². The molecule has 2 N–H and O–H groups in total. The highest BCUT2D eigenvalue weighted by molar-refractivity contribution is 9.10. The van der Waals surface area contributed by atoms with Gasteiger partial charge in [-0.15, -0.1) is 0 Å². The molecule has 0 saturated carbocycles. The molecule has 0 spiro atoms. The van der Waals surface area contributed by atoms with Gasteiger partial charge in [0.1, 0.15) is 0 Å². The van der Waals surface area contributed by atoms with E-state index < -0.39 is 0 Å². The van der Waals surface area contributed by atoms with Crippen LogP contribution in [0, 0.1) is 0 Å². The van der Waals surface area contributed by atoms with Crippen LogP contribution in [0.5, 0.6) is 0 Å². The lowest BCUT2D eigenvalue weighted by molar-refractivity contribution is 0.102. The SMILES string of the molecule is CCNc1ccccc1C(=O)Nc1ccc(Br)cc1. The van der Waals surface area contributed by atoms with Crippen LogP contribution in [0.3, 0.4) is 0 Å². The number of benzene rings is 2. The number of nitrogens with one attached hydrogen (secondary N) is 2. The van der Waals surface area contributed by atoms with Crippen molar-refractivity contribution in [2.45, 2.75) is 6.92 Å². The van der Waals surface area contributed by atoms with Crippen LogP contribution in [0.2, 0.25) is 0 Å². The largest absolute Gasteiger partial charge is 0.385 e. The van der Waals surface area contributed by atoms with Crippen LogP contribution in [0.25, 0.3) is 0 Å². The molecule has 98 valence electrons. The van der Waals surface area contributed by atoms with Crippen LogP contribution in [-0.2, 0) is 0 Å². The maximum Gasteiger partial charge on any atom is 0.257 e. The van der Waals surface area contributed by atoms with E-state index in [1.54, 1.807) is 0 Å². The molecule has 2 aromatic rings. The third-order valence-electron chi connectivity index (χ3n) is 2.64. The topological polar surface area (TPSA) is 41.1 Å². The molecule has 2 rings (SSSR count). The van der Waals surface area contributed by atoms with Gasteiger partial charge in [-0.2, -0.15) is 0 Å². The van der Waals surface area contributed by atoms with Crippen molar-refractivity contribution in [1.29, 1.82) is 0 Å². The van der Waals surface area contributed by atoms with Crippen LogP contribution in [0.15, 0.2) is 53.0 Å². The second kappa shape index (κ2) is 6.38. The van der Waals surface area contributed by atoms with E-state index in [2.05, 4.69) is 26.6 Å². The zero-order valence-electron chi connectivity index (χ0n) is 10.6. The molecule has 0 fully saturated rings. The summed E-state index contributed by atoms with van der Waals surface area (Å²) in [5.74, 6) is -0.112. The molecule has 0 aromatic heterocycles. The van der Waals surface area contributed by atoms with E-state index in [0.29, 0.717) is 5.56 Å². The molecule has 0 bridgehead atoms. The van der Waals surface area contributed by atoms with Gasteiger partial charge >= 0.3 is 0 Å². The van der Waals surface area contributed by atoms with E-state index in [4.69, 9.17) is 0 Å². The summed E-state index contributed by atoms with van der Waals surface area (Å²) in [6.45, 7) is 2.78. The molecule has 0 unspecified atom stereocenters. The molecule has 1 amide bonds. The van der Waals surface area contributed by atoms with Gasteiger partial charge < -0.3 is 10.6 Å². The Hall–Kier alpha value is -1.81. The highest BCUT2D eigenvalue weighted by Crippen LogP contribution is 2.18. The van der Waals surface area contributed by atoms with Crippen molar-refractivity contribution < 1.29 is 4.79 Å². The van der Waals surface area contributed by atoms with Gasteiger partial charge in [-0.3, -0.25) is 4.79 Å². The van der Waals surface area contributed by atoms with Gasteiger partial charge in [0.2, 0.25) is 0 Å². The Balaban J connectivity index is 2.18. The van der Waals surface area contributed by atoms with Gasteiger partial charge in [-0.05, 0) is 43.3 Å². The van der Waals surface area contributed by atoms with Crippen molar-refractivity contribution in [3.05, 3.63) is 58.6 Å². The molecule has 0 heterocycles. The quantitative estimate of drug-likeness (QED) is 0.889. The predicted molar refractivity (Wildman–Crippen MR) is 82.7 cm³/mol. The molecule has 19 heavy (non-hydrogen) atoms. The Kier molecular flexibility index (Phi) is 4.58. The second-order valence-corrected chi connectivity index (χ2v) is 4.95. The number of carbonyl (C=O) groups is 1. The lowest BCUT2D eigenvalue weighted by Gasteiger charge is -2.11. The zero-order chi connectivity index (χ0) is 13.7. The number of amides is 1. The van der Waals surface area contributed by atoms with Gasteiger partial charge in [0.05, 0.1) is 5.56 Å². The molecule has 0 radical (unpaired) electrons. The average Bonchev–Trinajstić information content (AvgIpc) is 2.42. The first-order valence-electron chi connectivity index (χ1n) is 6.10. The average molecular weight is 319 g/mol. The summed E-state index contributed by atoms with van der Waals surface area (Å²) in [7, 11) is 0. The number of anilines is 2. The van der Waals surface area contributed by atoms with E-state index in [1.165, 1.54) is 0 Å². The monoisotopic (exact) mass is 318 g/mol. The highest BCUT2D eigenvalue weighted by Gasteiger charge is 2.10. The first kappa shape index (κ1) is 13.6. The van der Waals surface area contributed by atoms with Crippen LogP contribution in [0.1, 0.15) is 17.3 Å². The standard InChI is InChI=1S/C15H15BrN2O/c1-2-17-14-6-4-3-5-13(14)15(19)18-12-9-7-11(16)8-10-12/h3-10,17H,2H2,1H3,(H,18,19). The number of carbonyl (C=O) groups excluding carboxylic acids is 1. The summed E-state index contributed by atoms with van der Waals surface area (Å²) in [6.07, 6.45) is 0. The fourth-order valence-electron chi connectivity index (χ4n) is 1.76. The van der Waals surface area contributed by atoms with E-state index in [0.717, 1.165) is 22.4 Å². The summed E-state index contributed by atoms with van der Waals surface area (Å²) in [5, 5.41) is 6.07. The van der Waals surface area contributed by atoms with Crippen LogP contribution in [-0.4, -0.2) is 12.5 Å². The molecule has 0 aliphatic heterocycles.